The lowest BCUT2D eigenvalue weighted by Gasteiger charge is -2.15. The molecule has 4 aromatic rings. The van der Waals surface area contributed by atoms with Gasteiger partial charge in [0.05, 0.1) is 5.52 Å². The lowest BCUT2D eigenvalue weighted by atomic mass is 9.93. The van der Waals surface area contributed by atoms with Crippen molar-refractivity contribution in [3.63, 3.8) is 0 Å². The first-order valence-corrected chi connectivity index (χ1v) is 9.85. The van der Waals surface area contributed by atoms with E-state index in [0.29, 0.717) is 16.0 Å². The normalized spacial score (nSPS) is 11.2. The molecule has 0 radical (unpaired) electrons. The fourth-order valence-corrected chi connectivity index (χ4v) is 3.63. The minimum atomic E-state index is 0.257. The maximum Gasteiger partial charge on any atom is 0.223 e. The van der Waals surface area contributed by atoms with Gasteiger partial charge in [-0.1, -0.05) is 53.5 Å². The molecule has 0 aliphatic carbocycles. The average Bonchev–Trinajstić information content (AvgIpc) is 2.67. The highest BCUT2D eigenvalue weighted by Gasteiger charge is 2.14. The maximum atomic E-state index is 6.52. The van der Waals surface area contributed by atoms with Crippen molar-refractivity contribution in [1.29, 1.82) is 0 Å². The predicted octanol–water partition coefficient (Wildman–Crippen LogP) is 7.09. The summed E-state index contributed by atoms with van der Waals surface area (Å²) in [5, 5.41) is 5.60. The van der Waals surface area contributed by atoms with Gasteiger partial charge in [0.25, 0.3) is 0 Å². The van der Waals surface area contributed by atoms with Crippen LogP contribution in [0.25, 0.3) is 33.2 Å². The van der Waals surface area contributed by atoms with E-state index in [1.165, 1.54) is 0 Å². The van der Waals surface area contributed by atoms with E-state index in [0.717, 1.165) is 33.2 Å². The van der Waals surface area contributed by atoms with E-state index < -0.39 is 0 Å². The van der Waals surface area contributed by atoms with E-state index in [-0.39, 0.29) is 6.04 Å². The van der Waals surface area contributed by atoms with Gasteiger partial charge in [-0.25, -0.2) is 9.97 Å². The van der Waals surface area contributed by atoms with Crippen molar-refractivity contribution in [2.45, 2.75) is 19.9 Å². The van der Waals surface area contributed by atoms with Crippen LogP contribution in [0.15, 0.2) is 66.9 Å². The Labute approximate surface area is 174 Å². The molecule has 0 saturated carbocycles. The van der Waals surface area contributed by atoms with Crippen molar-refractivity contribution in [2.24, 2.45) is 0 Å². The van der Waals surface area contributed by atoms with E-state index in [9.17, 15) is 0 Å². The highest BCUT2D eigenvalue weighted by atomic mass is 35.5. The van der Waals surface area contributed by atoms with Crippen LogP contribution in [-0.4, -0.2) is 16.0 Å². The third-order valence-electron chi connectivity index (χ3n) is 4.44. The molecule has 1 aromatic heterocycles. The zero-order valence-electron chi connectivity index (χ0n) is 15.6. The van der Waals surface area contributed by atoms with Crippen molar-refractivity contribution in [2.75, 3.05) is 5.32 Å². The van der Waals surface area contributed by atoms with Crippen LogP contribution >= 0.6 is 23.2 Å². The van der Waals surface area contributed by atoms with Crippen LogP contribution in [0.1, 0.15) is 13.8 Å². The summed E-state index contributed by atoms with van der Waals surface area (Å²) >= 11 is 12.8. The maximum absolute atomic E-state index is 6.52. The number of nitrogens with zero attached hydrogens (tertiary/aromatic N) is 2. The third-order valence-corrected chi connectivity index (χ3v) is 5.00. The van der Waals surface area contributed by atoms with Gasteiger partial charge >= 0.3 is 0 Å². The molecule has 0 spiro atoms. The number of halogens is 2. The van der Waals surface area contributed by atoms with E-state index >= 15 is 0 Å². The molecule has 0 aliphatic rings. The van der Waals surface area contributed by atoms with Gasteiger partial charge in [-0.15, -0.1) is 0 Å². The molecule has 140 valence electrons. The van der Waals surface area contributed by atoms with Crippen molar-refractivity contribution in [3.05, 3.63) is 76.9 Å². The smallest absolute Gasteiger partial charge is 0.223 e. The van der Waals surface area contributed by atoms with Gasteiger partial charge < -0.3 is 5.32 Å². The van der Waals surface area contributed by atoms with Crippen LogP contribution in [0.2, 0.25) is 10.0 Å². The Morgan fingerprint density at radius 2 is 1.68 bits per heavy atom. The fourth-order valence-electron chi connectivity index (χ4n) is 3.20. The number of benzene rings is 3. The van der Waals surface area contributed by atoms with Crippen molar-refractivity contribution >= 4 is 40.1 Å². The minimum absolute atomic E-state index is 0.257. The Balaban J connectivity index is 1.98. The second-order valence-corrected chi connectivity index (χ2v) is 7.78. The summed E-state index contributed by atoms with van der Waals surface area (Å²) in [6.45, 7) is 4.12. The molecule has 0 saturated heterocycles. The molecule has 5 heteroatoms. The topological polar surface area (TPSA) is 37.8 Å². The summed E-state index contributed by atoms with van der Waals surface area (Å²) in [5.74, 6) is 0.616. The van der Waals surface area contributed by atoms with Crippen LogP contribution in [-0.2, 0) is 0 Å². The molecule has 28 heavy (non-hydrogen) atoms. The second kappa shape index (κ2) is 7.78. The Kier molecular flexibility index (Phi) is 5.21. The van der Waals surface area contributed by atoms with E-state index in [1.807, 2.05) is 54.7 Å². The zero-order valence-corrected chi connectivity index (χ0v) is 17.1. The molecule has 4 rings (SSSR count). The number of rotatable bonds is 4. The van der Waals surface area contributed by atoms with Gasteiger partial charge in [0.1, 0.15) is 0 Å². The molecule has 3 nitrogen and oxygen atoms in total. The quantitative estimate of drug-likeness (QED) is 0.392. The van der Waals surface area contributed by atoms with E-state index in [4.69, 9.17) is 28.2 Å². The standard InChI is InChI=1S/C23H19Cl2N3/c1-14(2)27-23-26-13-16-11-20(18-8-3-4-9-21(18)25)19(12-22(16)28-23)15-6-5-7-17(24)10-15/h3-14H,1-2H3,(H,26,27,28). The lowest BCUT2D eigenvalue weighted by molar-refractivity contribution is 0.878. The molecule has 0 aliphatic heterocycles. The molecular weight excluding hydrogens is 389 g/mol. The molecule has 0 bridgehead atoms. The fraction of sp³-hybridized carbons (Fsp3) is 0.130. The van der Waals surface area contributed by atoms with Gasteiger partial charge in [0.2, 0.25) is 5.95 Å². The van der Waals surface area contributed by atoms with E-state index in [2.05, 4.69) is 36.3 Å². The lowest BCUT2D eigenvalue weighted by Crippen LogP contribution is -2.12. The average molecular weight is 408 g/mol. The van der Waals surface area contributed by atoms with Crippen molar-refractivity contribution < 1.29 is 0 Å². The number of fused-ring (bicyclic) bond motifs is 1. The summed E-state index contributed by atoms with van der Waals surface area (Å²) in [5.41, 5.74) is 4.89. The molecule has 0 amide bonds. The first kappa shape index (κ1) is 18.7. The molecule has 3 aromatic carbocycles. The van der Waals surface area contributed by atoms with Gasteiger partial charge in [-0.2, -0.15) is 0 Å². The van der Waals surface area contributed by atoms with Crippen molar-refractivity contribution in [1.82, 2.24) is 9.97 Å². The van der Waals surface area contributed by atoms with Crippen molar-refractivity contribution in [3.8, 4) is 22.3 Å². The molecule has 0 fully saturated rings. The van der Waals surface area contributed by atoms with Gasteiger partial charge in [-0.05, 0) is 60.9 Å². The number of hydrogen-bond acceptors (Lipinski definition) is 3. The number of aromatic nitrogens is 2. The Bertz CT molecular complexity index is 1160. The number of nitrogens with one attached hydrogen (secondary N) is 1. The second-order valence-electron chi connectivity index (χ2n) is 6.94. The summed E-state index contributed by atoms with van der Waals surface area (Å²) in [6.07, 6.45) is 1.84. The molecule has 1 heterocycles. The van der Waals surface area contributed by atoms with Crippen LogP contribution in [0, 0.1) is 0 Å². The number of anilines is 1. The first-order valence-electron chi connectivity index (χ1n) is 9.09. The highest BCUT2D eigenvalue weighted by Crippen LogP contribution is 2.39. The van der Waals surface area contributed by atoms with E-state index in [1.54, 1.807) is 0 Å². The summed E-state index contributed by atoms with van der Waals surface area (Å²) in [4.78, 5) is 9.14. The Morgan fingerprint density at radius 1 is 0.857 bits per heavy atom. The van der Waals surface area contributed by atoms with Crippen LogP contribution < -0.4 is 5.32 Å². The Morgan fingerprint density at radius 3 is 2.43 bits per heavy atom. The van der Waals surface area contributed by atoms with Crippen LogP contribution in [0.4, 0.5) is 5.95 Å². The monoisotopic (exact) mass is 407 g/mol. The molecular formula is C23H19Cl2N3. The summed E-state index contributed by atoms with van der Waals surface area (Å²) < 4.78 is 0. The molecule has 0 atom stereocenters. The Hall–Kier alpha value is -2.62. The molecule has 1 N–H and O–H groups in total. The first-order chi connectivity index (χ1) is 13.5. The van der Waals surface area contributed by atoms with Gasteiger partial charge in [-0.3, -0.25) is 0 Å². The summed E-state index contributed by atoms with van der Waals surface area (Å²) in [7, 11) is 0. The zero-order chi connectivity index (χ0) is 19.7. The minimum Gasteiger partial charge on any atom is -0.352 e. The third kappa shape index (κ3) is 3.82. The van der Waals surface area contributed by atoms with Gasteiger partial charge in [0, 0.05) is 33.2 Å². The number of hydrogen-bond donors (Lipinski definition) is 1. The van der Waals surface area contributed by atoms with Crippen LogP contribution in [0.5, 0.6) is 0 Å². The highest BCUT2D eigenvalue weighted by molar-refractivity contribution is 6.33. The molecule has 0 unspecified atom stereocenters. The predicted molar refractivity (Wildman–Crippen MR) is 119 cm³/mol. The SMILES string of the molecule is CC(C)Nc1ncc2cc(-c3ccccc3Cl)c(-c3cccc(Cl)c3)cc2n1. The van der Waals surface area contributed by atoms with Gasteiger partial charge in [0.15, 0.2) is 0 Å². The largest absolute Gasteiger partial charge is 0.352 e. The van der Waals surface area contributed by atoms with Crippen LogP contribution in [0.3, 0.4) is 0 Å². The summed E-state index contributed by atoms with van der Waals surface area (Å²) in [6, 6.07) is 20.1.